The van der Waals surface area contributed by atoms with Gasteiger partial charge in [0.2, 0.25) is 0 Å². The van der Waals surface area contributed by atoms with Crippen molar-refractivity contribution >= 4 is 0 Å². The van der Waals surface area contributed by atoms with Gasteiger partial charge in [-0.25, -0.2) is 0 Å². The zero-order chi connectivity index (χ0) is 12.1. The number of methoxy groups -OCH3 is 2. The van der Waals surface area contributed by atoms with Crippen LogP contribution in [0.3, 0.4) is 0 Å². The molecule has 17 heavy (non-hydrogen) atoms. The molecule has 0 atom stereocenters. The van der Waals surface area contributed by atoms with Crippen molar-refractivity contribution in [2.45, 2.75) is 75.8 Å². The predicted molar refractivity (Wildman–Crippen MR) is 67.2 cm³/mol. The lowest BCUT2D eigenvalue weighted by atomic mass is 9.92. The van der Waals surface area contributed by atoms with E-state index in [4.69, 9.17) is 14.2 Å². The Bertz CT molecular complexity index is 182. The van der Waals surface area contributed by atoms with Crippen LogP contribution in [0, 0.1) is 0 Å². The molecule has 2 fully saturated rings. The summed E-state index contributed by atoms with van der Waals surface area (Å²) < 4.78 is 17.0. The maximum Gasteiger partial charge on any atom is 0.0580 e. The molecule has 0 N–H and O–H groups in total. The van der Waals surface area contributed by atoms with Gasteiger partial charge in [-0.05, 0) is 51.4 Å². The van der Waals surface area contributed by atoms with Crippen molar-refractivity contribution in [2.24, 2.45) is 0 Å². The van der Waals surface area contributed by atoms with Crippen molar-refractivity contribution in [1.82, 2.24) is 0 Å². The van der Waals surface area contributed by atoms with Gasteiger partial charge >= 0.3 is 0 Å². The summed E-state index contributed by atoms with van der Waals surface area (Å²) in [6.45, 7) is 0. The van der Waals surface area contributed by atoms with Gasteiger partial charge in [0, 0.05) is 14.2 Å². The third-order valence-corrected chi connectivity index (χ3v) is 4.29. The first kappa shape index (κ1) is 13.3. The summed E-state index contributed by atoms with van der Waals surface area (Å²) in [7, 11) is 3.63. The Morgan fingerprint density at radius 3 is 1.12 bits per heavy atom. The first-order valence-corrected chi connectivity index (χ1v) is 7.03. The first-order valence-electron chi connectivity index (χ1n) is 7.03. The summed E-state index contributed by atoms with van der Waals surface area (Å²) in [4.78, 5) is 0. The van der Waals surface area contributed by atoms with E-state index >= 15 is 0 Å². The molecule has 0 unspecified atom stereocenters. The third kappa shape index (κ3) is 3.94. The summed E-state index contributed by atoms with van der Waals surface area (Å²) in [6, 6.07) is 0. The molecule has 0 radical (unpaired) electrons. The summed E-state index contributed by atoms with van der Waals surface area (Å²) in [5.41, 5.74) is 0. The van der Waals surface area contributed by atoms with Crippen LogP contribution in [0.5, 0.6) is 0 Å². The van der Waals surface area contributed by atoms with E-state index in [1.807, 2.05) is 14.2 Å². The molecule has 0 aromatic rings. The Labute approximate surface area is 105 Å². The molecule has 0 amide bonds. The highest BCUT2D eigenvalue weighted by molar-refractivity contribution is 4.77. The van der Waals surface area contributed by atoms with Crippen LogP contribution >= 0.6 is 0 Å². The molecular weight excluding hydrogens is 216 g/mol. The number of ether oxygens (including phenoxy) is 3. The van der Waals surface area contributed by atoms with Crippen LogP contribution < -0.4 is 0 Å². The first-order chi connectivity index (χ1) is 8.31. The van der Waals surface area contributed by atoms with Crippen LogP contribution in [0.25, 0.3) is 0 Å². The van der Waals surface area contributed by atoms with Crippen molar-refractivity contribution in [1.29, 1.82) is 0 Å². The van der Waals surface area contributed by atoms with Gasteiger partial charge in [-0.1, -0.05) is 0 Å². The minimum Gasteiger partial charge on any atom is -0.381 e. The third-order valence-electron chi connectivity index (χ3n) is 4.29. The monoisotopic (exact) mass is 242 g/mol. The minimum atomic E-state index is 0.471. The highest BCUT2D eigenvalue weighted by Gasteiger charge is 2.27. The maximum absolute atomic E-state index is 6.21. The molecule has 0 aromatic heterocycles. The Morgan fingerprint density at radius 2 is 0.824 bits per heavy atom. The van der Waals surface area contributed by atoms with Crippen LogP contribution in [0.4, 0.5) is 0 Å². The van der Waals surface area contributed by atoms with Gasteiger partial charge in [0.1, 0.15) is 0 Å². The quantitative estimate of drug-likeness (QED) is 0.758. The van der Waals surface area contributed by atoms with Crippen LogP contribution in [0.15, 0.2) is 0 Å². The molecule has 2 rings (SSSR count). The summed E-state index contributed by atoms with van der Waals surface area (Å²) in [6.07, 6.45) is 11.2. The zero-order valence-corrected chi connectivity index (χ0v) is 11.2. The van der Waals surface area contributed by atoms with Gasteiger partial charge in [-0.3, -0.25) is 0 Å². The SMILES string of the molecule is COC1CCC(OC2CCC(OC)CC2)CC1. The van der Waals surface area contributed by atoms with Gasteiger partial charge in [-0.15, -0.1) is 0 Å². The van der Waals surface area contributed by atoms with Crippen LogP contribution in [-0.2, 0) is 14.2 Å². The van der Waals surface area contributed by atoms with Crippen LogP contribution in [0.2, 0.25) is 0 Å². The van der Waals surface area contributed by atoms with E-state index < -0.39 is 0 Å². The van der Waals surface area contributed by atoms with Gasteiger partial charge in [0.25, 0.3) is 0 Å². The van der Waals surface area contributed by atoms with E-state index in [1.54, 1.807) is 0 Å². The Kier molecular flexibility index (Phi) is 5.26. The molecule has 2 saturated carbocycles. The maximum atomic E-state index is 6.21. The lowest BCUT2D eigenvalue weighted by molar-refractivity contribution is -0.0796. The normalized spacial score (nSPS) is 39.2. The van der Waals surface area contributed by atoms with Crippen molar-refractivity contribution in [3.05, 3.63) is 0 Å². The highest BCUT2D eigenvalue weighted by Crippen LogP contribution is 2.29. The minimum absolute atomic E-state index is 0.471. The molecule has 3 nitrogen and oxygen atoms in total. The van der Waals surface area contributed by atoms with E-state index in [0.29, 0.717) is 24.4 Å². The van der Waals surface area contributed by atoms with E-state index in [-0.39, 0.29) is 0 Å². The second kappa shape index (κ2) is 6.72. The highest BCUT2D eigenvalue weighted by atomic mass is 16.5. The number of hydrogen-bond acceptors (Lipinski definition) is 3. The fourth-order valence-electron chi connectivity index (χ4n) is 3.08. The summed E-state index contributed by atoms with van der Waals surface area (Å²) in [5.74, 6) is 0. The zero-order valence-electron chi connectivity index (χ0n) is 11.2. The van der Waals surface area contributed by atoms with E-state index in [1.165, 1.54) is 25.7 Å². The topological polar surface area (TPSA) is 27.7 Å². The van der Waals surface area contributed by atoms with Gasteiger partial charge in [0.15, 0.2) is 0 Å². The van der Waals surface area contributed by atoms with Crippen LogP contribution in [-0.4, -0.2) is 38.6 Å². The predicted octanol–water partition coefficient (Wildman–Crippen LogP) is 2.92. The molecule has 0 heterocycles. The van der Waals surface area contributed by atoms with Crippen molar-refractivity contribution in [3.63, 3.8) is 0 Å². The lowest BCUT2D eigenvalue weighted by Crippen LogP contribution is -2.32. The average Bonchev–Trinajstić information content (AvgIpc) is 2.40. The van der Waals surface area contributed by atoms with E-state index in [9.17, 15) is 0 Å². The molecule has 0 saturated heterocycles. The molecule has 2 aliphatic rings. The number of hydrogen-bond donors (Lipinski definition) is 0. The largest absolute Gasteiger partial charge is 0.381 e. The molecule has 0 aliphatic heterocycles. The van der Waals surface area contributed by atoms with Crippen LogP contribution in [0.1, 0.15) is 51.4 Å². The fourth-order valence-corrected chi connectivity index (χ4v) is 3.08. The summed E-state index contributed by atoms with van der Waals surface area (Å²) >= 11 is 0. The molecule has 0 bridgehead atoms. The number of rotatable bonds is 4. The lowest BCUT2D eigenvalue weighted by Gasteiger charge is -2.34. The summed E-state index contributed by atoms with van der Waals surface area (Å²) in [5, 5.41) is 0. The van der Waals surface area contributed by atoms with Gasteiger partial charge in [-0.2, -0.15) is 0 Å². The second-order valence-electron chi connectivity index (χ2n) is 5.40. The van der Waals surface area contributed by atoms with Gasteiger partial charge in [0.05, 0.1) is 24.4 Å². The molecule has 2 aliphatic carbocycles. The van der Waals surface area contributed by atoms with Gasteiger partial charge < -0.3 is 14.2 Å². The standard InChI is InChI=1S/C14H26O3/c1-15-11-3-7-13(8-4-11)17-14-9-5-12(16-2)6-10-14/h11-14H,3-10H2,1-2H3. The molecule has 100 valence electrons. The molecule has 0 aromatic carbocycles. The fraction of sp³-hybridized carbons (Fsp3) is 1.00. The van der Waals surface area contributed by atoms with Crippen molar-refractivity contribution < 1.29 is 14.2 Å². The molecule has 0 spiro atoms. The molecule has 3 heteroatoms. The van der Waals surface area contributed by atoms with Crippen molar-refractivity contribution in [2.75, 3.05) is 14.2 Å². The Hall–Kier alpha value is -0.120. The van der Waals surface area contributed by atoms with E-state index in [2.05, 4.69) is 0 Å². The smallest absolute Gasteiger partial charge is 0.0580 e. The molecular formula is C14H26O3. The average molecular weight is 242 g/mol. The Morgan fingerprint density at radius 1 is 0.529 bits per heavy atom. The van der Waals surface area contributed by atoms with Crippen molar-refractivity contribution in [3.8, 4) is 0 Å². The Balaban J connectivity index is 1.65. The second-order valence-corrected chi connectivity index (χ2v) is 5.40. The van der Waals surface area contributed by atoms with E-state index in [0.717, 1.165) is 25.7 Å².